The van der Waals surface area contributed by atoms with Crippen molar-refractivity contribution >= 4 is 11.6 Å². The van der Waals surface area contributed by atoms with Crippen LogP contribution in [0.25, 0.3) is 0 Å². The van der Waals surface area contributed by atoms with Gasteiger partial charge in [0.15, 0.2) is 0 Å². The predicted octanol–water partition coefficient (Wildman–Crippen LogP) is 6.18. The minimum absolute atomic E-state index is 0.457. The van der Waals surface area contributed by atoms with Crippen LogP contribution in [0.1, 0.15) is 62.5 Å². The molecule has 0 aromatic heterocycles. The molecule has 1 unspecified atom stereocenters. The number of hydrogen-bond donors (Lipinski definition) is 1. The fourth-order valence-electron chi connectivity index (χ4n) is 5.09. The zero-order chi connectivity index (χ0) is 22.9. The Kier molecular flexibility index (Phi) is 9.26. The average molecular weight is 469 g/mol. The van der Waals surface area contributed by atoms with Gasteiger partial charge in [-0.3, -0.25) is 4.90 Å². The van der Waals surface area contributed by atoms with Gasteiger partial charge in [0.25, 0.3) is 0 Å². The van der Waals surface area contributed by atoms with Gasteiger partial charge in [-0.25, -0.2) is 0 Å². The smallest absolute Gasteiger partial charge is 0.0672 e. The van der Waals surface area contributed by atoms with E-state index in [4.69, 9.17) is 11.6 Å². The highest BCUT2D eigenvalue weighted by Crippen LogP contribution is 2.29. The van der Waals surface area contributed by atoms with E-state index in [0.29, 0.717) is 0 Å². The third kappa shape index (κ3) is 8.72. The minimum atomic E-state index is -0.457. The summed E-state index contributed by atoms with van der Waals surface area (Å²) < 4.78 is 0. The number of likely N-dealkylation sites (tertiary alicyclic amines) is 2. The van der Waals surface area contributed by atoms with Crippen LogP contribution in [0.15, 0.2) is 54.6 Å². The Morgan fingerprint density at radius 1 is 0.848 bits per heavy atom. The summed E-state index contributed by atoms with van der Waals surface area (Å²) in [7, 11) is 0. The molecule has 2 heterocycles. The normalized spacial score (nSPS) is 22.5. The largest absolute Gasteiger partial charge is 0.390 e. The van der Waals surface area contributed by atoms with Gasteiger partial charge in [0.2, 0.25) is 0 Å². The van der Waals surface area contributed by atoms with Gasteiger partial charge in [-0.05, 0) is 74.2 Å². The van der Waals surface area contributed by atoms with Crippen molar-refractivity contribution in [2.45, 2.75) is 69.9 Å². The summed E-state index contributed by atoms with van der Waals surface area (Å²) in [6.45, 7) is 6.64. The van der Waals surface area contributed by atoms with E-state index in [-0.39, 0.29) is 0 Å². The second-order valence-corrected chi connectivity index (χ2v) is 10.9. The Balaban J connectivity index is 0.000000799. The third-order valence-electron chi connectivity index (χ3n) is 7.30. The van der Waals surface area contributed by atoms with Gasteiger partial charge in [0, 0.05) is 37.7 Å². The van der Waals surface area contributed by atoms with Crippen LogP contribution in [0.5, 0.6) is 0 Å². The number of aliphatic hydroxyl groups is 1. The average Bonchev–Trinajstić information content (AvgIpc) is 3.65. The molecule has 1 atom stereocenters. The number of hydrogen-bond acceptors (Lipinski definition) is 3. The number of nitrogens with zero attached hydrogens (tertiary/aromatic N) is 2. The molecule has 0 bridgehead atoms. The van der Waals surface area contributed by atoms with Crippen LogP contribution in [0, 0.1) is 5.92 Å². The molecule has 0 radical (unpaired) electrons. The van der Waals surface area contributed by atoms with Gasteiger partial charge in [-0.1, -0.05) is 73.3 Å². The standard InChI is InChI=1S/C26H35ClN2O.C3H6/c27-25-10-8-23(9-11-25)19-29-16-12-24(21-29)20-28-17-14-26(30,15-18-28)13-4-7-22-5-2-1-3-6-22;1-2-3-1/h1-3,5-6,8-11,24,30H,4,7,12-21H2;1-3H2. The van der Waals surface area contributed by atoms with Crippen molar-refractivity contribution in [2.75, 3.05) is 32.7 Å². The monoisotopic (exact) mass is 468 g/mol. The lowest BCUT2D eigenvalue weighted by Gasteiger charge is -2.39. The number of piperidine rings is 1. The highest BCUT2D eigenvalue weighted by Gasteiger charge is 2.33. The summed E-state index contributed by atoms with van der Waals surface area (Å²) in [5.74, 6) is 0.751. The van der Waals surface area contributed by atoms with Crippen molar-refractivity contribution in [1.29, 1.82) is 0 Å². The maximum atomic E-state index is 11.0. The molecule has 33 heavy (non-hydrogen) atoms. The molecule has 2 aliphatic heterocycles. The fraction of sp³-hybridized carbons (Fsp3) is 0.586. The Hall–Kier alpha value is -1.39. The minimum Gasteiger partial charge on any atom is -0.390 e. The number of benzene rings is 2. The van der Waals surface area contributed by atoms with Crippen molar-refractivity contribution in [3.63, 3.8) is 0 Å². The predicted molar refractivity (Wildman–Crippen MR) is 139 cm³/mol. The van der Waals surface area contributed by atoms with Gasteiger partial charge in [0.1, 0.15) is 0 Å². The molecule has 0 amide bonds. The van der Waals surface area contributed by atoms with E-state index < -0.39 is 5.60 Å². The van der Waals surface area contributed by atoms with E-state index in [9.17, 15) is 5.11 Å². The first-order valence-electron chi connectivity index (χ1n) is 13.0. The number of halogens is 1. The molecule has 1 N–H and O–H groups in total. The van der Waals surface area contributed by atoms with Crippen molar-refractivity contribution in [3.8, 4) is 0 Å². The number of rotatable bonds is 8. The lowest BCUT2D eigenvalue weighted by molar-refractivity contribution is -0.0313. The molecule has 2 aromatic rings. The van der Waals surface area contributed by atoms with Gasteiger partial charge in [-0.15, -0.1) is 0 Å². The summed E-state index contributed by atoms with van der Waals surface area (Å²) in [5, 5.41) is 11.8. The Morgan fingerprint density at radius 2 is 1.55 bits per heavy atom. The van der Waals surface area contributed by atoms with Crippen molar-refractivity contribution in [1.82, 2.24) is 9.80 Å². The Bertz CT molecular complexity index is 813. The number of aryl methyl sites for hydroxylation is 1. The van der Waals surface area contributed by atoms with Crippen LogP contribution in [-0.4, -0.2) is 53.2 Å². The Morgan fingerprint density at radius 3 is 2.21 bits per heavy atom. The molecule has 180 valence electrons. The van der Waals surface area contributed by atoms with E-state index >= 15 is 0 Å². The molecule has 0 spiro atoms. The van der Waals surface area contributed by atoms with Crippen LogP contribution in [0.4, 0.5) is 0 Å². The zero-order valence-corrected chi connectivity index (χ0v) is 20.9. The summed E-state index contributed by atoms with van der Waals surface area (Å²) in [6.07, 6.45) is 10.7. The molecule has 1 aliphatic carbocycles. The lowest BCUT2D eigenvalue weighted by Crippen LogP contribution is -2.46. The van der Waals surface area contributed by atoms with E-state index in [2.05, 4.69) is 52.3 Å². The zero-order valence-electron chi connectivity index (χ0n) is 20.1. The molecule has 3 fully saturated rings. The first-order chi connectivity index (χ1) is 16.1. The Labute approximate surface area is 205 Å². The molecule has 2 saturated heterocycles. The van der Waals surface area contributed by atoms with Crippen LogP contribution < -0.4 is 0 Å². The molecule has 3 nitrogen and oxygen atoms in total. The highest BCUT2D eigenvalue weighted by molar-refractivity contribution is 6.30. The van der Waals surface area contributed by atoms with Gasteiger partial charge in [0.05, 0.1) is 5.60 Å². The summed E-state index contributed by atoms with van der Waals surface area (Å²) in [6, 6.07) is 18.9. The molecule has 5 rings (SSSR count). The second kappa shape index (κ2) is 12.4. The van der Waals surface area contributed by atoms with E-state index in [1.54, 1.807) is 0 Å². The molecule has 1 saturated carbocycles. The van der Waals surface area contributed by atoms with Crippen LogP contribution in [-0.2, 0) is 13.0 Å². The first-order valence-corrected chi connectivity index (χ1v) is 13.4. The molecule has 4 heteroatoms. The van der Waals surface area contributed by atoms with E-state index in [0.717, 1.165) is 62.7 Å². The summed E-state index contributed by atoms with van der Waals surface area (Å²) >= 11 is 6.00. The highest BCUT2D eigenvalue weighted by atomic mass is 35.5. The summed E-state index contributed by atoms with van der Waals surface area (Å²) in [5.41, 5.74) is 2.27. The maximum Gasteiger partial charge on any atom is 0.0672 e. The molecule has 2 aromatic carbocycles. The van der Waals surface area contributed by atoms with Gasteiger partial charge in [-0.2, -0.15) is 0 Å². The fourth-order valence-corrected chi connectivity index (χ4v) is 5.21. The molecule has 3 aliphatic rings. The third-order valence-corrected chi connectivity index (χ3v) is 7.55. The van der Waals surface area contributed by atoms with Crippen LogP contribution in [0.3, 0.4) is 0 Å². The maximum absolute atomic E-state index is 11.0. The van der Waals surface area contributed by atoms with Crippen molar-refractivity contribution < 1.29 is 5.11 Å². The quantitative estimate of drug-likeness (QED) is 0.501. The molecular weight excluding hydrogens is 428 g/mol. The molecular formula is C29H41ClN2O. The summed E-state index contributed by atoms with van der Waals surface area (Å²) in [4.78, 5) is 5.15. The van der Waals surface area contributed by atoms with Crippen molar-refractivity contribution in [3.05, 3.63) is 70.7 Å². The topological polar surface area (TPSA) is 26.7 Å². The van der Waals surface area contributed by atoms with Crippen molar-refractivity contribution in [2.24, 2.45) is 5.92 Å². The van der Waals surface area contributed by atoms with Gasteiger partial charge < -0.3 is 10.0 Å². The lowest BCUT2D eigenvalue weighted by atomic mass is 9.85. The van der Waals surface area contributed by atoms with Gasteiger partial charge >= 0.3 is 0 Å². The second-order valence-electron chi connectivity index (χ2n) is 10.4. The SMILES string of the molecule is C1CC1.OC1(CCCc2ccccc2)CCN(CC2CCN(Cc3ccc(Cl)cc3)C2)CC1. The van der Waals surface area contributed by atoms with Crippen LogP contribution >= 0.6 is 11.6 Å². The van der Waals surface area contributed by atoms with Crippen LogP contribution in [0.2, 0.25) is 5.02 Å². The van der Waals surface area contributed by atoms with E-state index in [1.165, 1.54) is 56.4 Å². The first kappa shape index (κ1) is 24.7. The van der Waals surface area contributed by atoms with E-state index in [1.807, 2.05) is 12.1 Å².